The molecule has 0 aliphatic rings. The molecule has 0 saturated carbocycles. The molecule has 0 radical (unpaired) electrons. The lowest BCUT2D eigenvalue weighted by atomic mass is 10.1. The fourth-order valence-electron chi connectivity index (χ4n) is 2.40. The number of nitrogens with zero attached hydrogens (tertiary/aromatic N) is 2. The molecule has 0 aliphatic heterocycles. The van der Waals surface area contributed by atoms with Gasteiger partial charge in [0.05, 0.1) is 11.3 Å². The Hall–Kier alpha value is -2.02. The number of ether oxygens (including phenoxy) is 1. The molecule has 2 rings (SSSR count). The predicted octanol–water partition coefficient (Wildman–Crippen LogP) is 3.93. The van der Waals surface area contributed by atoms with Crippen molar-refractivity contribution in [3.63, 3.8) is 0 Å². The second-order valence-electron chi connectivity index (χ2n) is 6.94. The summed E-state index contributed by atoms with van der Waals surface area (Å²) in [5.41, 5.74) is 0.0440. The van der Waals surface area contributed by atoms with Crippen LogP contribution in [0.2, 0.25) is 0 Å². The van der Waals surface area contributed by atoms with Gasteiger partial charge in [-0.05, 0) is 31.0 Å². The molecule has 174 valence electrons. The smallest absolute Gasteiger partial charge is 0.416 e. The monoisotopic (exact) mass is 556 g/mol. The van der Waals surface area contributed by atoms with Gasteiger partial charge < -0.3 is 25.0 Å². The van der Waals surface area contributed by atoms with Crippen molar-refractivity contribution < 1.29 is 27.5 Å². The van der Waals surface area contributed by atoms with Gasteiger partial charge >= 0.3 is 6.18 Å². The highest BCUT2D eigenvalue weighted by Crippen LogP contribution is 2.31. The number of hydrogen-bond acceptors (Lipinski definition) is 5. The van der Waals surface area contributed by atoms with E-state index in [1.807, 2.05) is 26.8 Å². The molecule has 1 heterocycles. The van der Waals surface area contributed by atoms with Crippen LogP contribution in [0.4, 0.5) is 13.2 Å². The summed E-state index contributed by atoms with van der Waals surface area (Å²) in [6, 6.07) is 6.36. The molecular weight excluding hydrogens is 528 g/mol. The van der Waals surface area contributed by atoms with Gasteiger partial charge in [0.25, 0.3) is 0 Å². The van der Waals surface area contributed by atoms with Crippen LogP contribution in [0.5, 0.6) is 5.75 Å². The first kappa shape index (κ1) is 27.0. The molecule has 1 aromatic carbocycles. The quantitative estimate of drug-likeness (QED) is 0.247. The zero-order valence-corrected chi connectivity index (χ0v) is 19.9. The van der Waals surface area contributed by atoms with Crippen molar-refractivity contribution in [2.45, 2.75) is 45.5 Å². The van der Waals surface area contributed by atoms with Gasteiger partial charge in [-0.15, -0.1) is 24.0 Å². The molecular formula is C20H28F3IN4O3. The van der Waals surface area contributed by atoms with Crippen LogP contribution in [-0.4, -0.2) is 42.0 Å². The zero-order valence-electron chi connectivity index (χ0n) is 17.6. The largest absolute Gasteiger partial charge is 0.491 e. The van der Waals surface area contributed by atoms with E-state index >= 15 is 0 Å². The molecule has 1 atom stereocenters. The molecule has 7 nitrogen and oxygen atoms in total. The van der Waals surface area contributed by atoms with Crippen molar-refractivity contribution in [3.8, 4) is 5.75 Å². The summed E-state index contributed by atoms with van der Waals surface area (Å²) < 4.78 is 48.7. The number of benzene rings is 1. The lowest BCUT2D eigenvalue weighted by Gasteiger charge is -2.16. The highest BCUT2D eigenvalue weighted by molar-refractivity contribution is 14.0. The van der Waals surface area contributed by atoms with Crippen molar-refractivity contribution in [1.29, 1.82) is 0 Å². The van der Waals surface area contributed by atoms with Crippen LogP contribution in [0.3, 0.4) is 0 Å². The van der Waals surface area contributed by atoms with Crippen LogP contribution < -0.4 is 15.4 Å². The van der Waals surface area contributed by atoms with Gasteiger partial charge in [0.1, 0.15) is 25.0 Å². The van der Waals surface area contributed by atoms with Crippen molar-refractivity contribution >= 4 is 29.9 Å². The first-order chi connectivity index (χ1) is 14.2. The van der Waals surface area contributed by atoms with Gasteiger partial charge in [-0.25, -0.2) is 4.99 Å². The van der Waals surface area contributed by atoms with Crippen molar-refractivity contribution in [2.24, 2.45) is 4.99 Å². The van der Waals surface area contributed by atoms with Gasteiger partial charge in [-0.1, -0.05) is 25.1 Å². The maximum atomic E-state index is 12.7. The first-order valence-corrected chi connectivity index (χ1v) is 9.64. The van der Waals surface area contributed by atoms with Gasteiger partial charge in [0, 0.05) is 19.2 Å². The second kappa shape index (κ2) is 12.7. The van der Waals surface area contributed by atoms with E-state index in [-0.39, 0.29) is 55.3 Å². The van der Waals surface area contributed by atoms with E-state index in [0.717, 1.165) is 17.8 Å². The number of aliphatic hydroxyl groups excluding tert-OH is 1. The maximum Gasteiger partial charge on any atom is 0.416 e. The zero-order chi connectivity index (χ0) is 22.1. The summed E-state index contributed by atoms with van der Waals surface area (Å²) in [7, 11) is 0. The molecule has 0 saturated heterocycles. The van der Waals surface area contributed by atoms with Gasteiger partial charge in [-0.3, -0.25) is 0 Å². The SMILES string of the molecule is CCNC(=NCc1cc(C(C)C)no1)NCC(O)COc1cccc(C(F)(F)F)c1.I. The Morgan fingerprint density at radius 3 is 2.61 bits per heavy atom. The number of nitrogens with one attached hydrogen (secondary N) is 2. The maximum absolute atomic E-state index is 12.7. The highest BCUT2D eigenvalue weighted by Gasteiger charge is 2.30. The minimum absolute atomic E-state index is 0. The summed E-state index contributed by atoms with van der Waals surface area (Å²) in [4.78, 5) is 4.37. The predicted molar refractivity (Wildman–Crippen MR) is 122 cm³/mol. The van der Waals surface area contributed by atoms with E-state index in [9.17, 15) is 18.3 Å². The molecule has 0 aliphatic carbocycles. The number of hydrogen-bond donors (Lipinski definition) is 3. The first-order valence-electron chi connectivity index (χ1n) is 9.64. The lowest BCUT2D eigenvalue weighted by Crippen LogP contribution is -2.42. The summed E-state index contributed by atoms with van der Waals surface area (Å²) in [5.74, 6) is 1.36. The minimum atomic E-state index is -4.45. The number of aliphatic imine (C=N–C) groups is 1. The molecule has 0 spiro atoms. The van der Waals surface area contributed by atoms with Crippen molar-refractivity contribution in [3.05, 3.63) is 47.3 Å². The molecule has 3 N–H and O–H groups in total. The van der Waals surface area contributed by atoms with E-state index in [4.69, 9.17) is 9.26 Å². The van der Waals surface area contributed by atoms with E-state index in [1.54, 1.807) is 0 Å². The number of guanidine groups is 1. The fraction of sp³-hybridized carbons (Fsp3) is 0.500. The molecule has 11 heteroatoms. The molecule has 31 heavy (non-hydrogen) atoms. The van der Waals surface area contributed by atoms with Crippen LogP contribution in [0.1, 0.15) is 43.7 Å². The molecule has 0 amide bonds. The van der Waals surface area contributed by atoms with Crippen molar-refractivity contribution in [1.82, 2.24) is 15.8 Å². The number of rotatable bonds is 9. The van der Waals surface area contributed by atoms with E-state index in [2.05, 4.69) is 20.8 Å². The Labute approximate surface area is 196 Å². The van der Waals surface area contributed by atoms with Crippen LogP contribution >= 0.6 is 24.0 Å². The molecule has 1 unspecified atom stereocenters. The Morgan fingerprint density at radius 2 is 2.00 bits per heavy atom. The van der Waals surface area contributed by atoms with E-state index in [0.29, 0.717) is 18.3 Å². The number of halogens is 4. The molecule has 0 bridgehead atoms. The third-order valence-electron chi connectivity index (χ3n) is 4.01. The minimum Gasteiger partial charge on any atom is -0.491 e. The average Bonchev–Trinajstić information content (AvgIpc) is 3.17. The van der Waals surface area contributed by atoms with Gasteiger partial charge in [0.15, 0.2) is 11.7 Å². The Morgan fingerprint density at radius 1 is 1.26 bits per heavy atom. The van der Waals surface area contributed by atoms with Crippen LogP contribution in [0.25, 0.3) is 0 Å². The standard InChI is InChI=1S/C20H27F3N4O3.HI/c1-4-24-19(26-11-17-9-18(13(2)3)27-30-17)25-10-15(28)12-29-16-7-5-6-14(8-16)20(21,22)23;/h5-9,13,15,28H,4,10-12H2,1-3H3,(H2,24,25,26);1H. The highest BCUT2D eigenvalue weighted by atomic mass is 127. The summed E-state index contributed by atoms with van der Waals surface area (Å²) >= 11 is 0. The number of alkyl halides is 3. The van der Waals surface area contributed by atoms with Crippen LogP contribution in [0, 0.1) is 0 Å². The van der Waals surface area contributed by atoms with Crippen LogP contribution in [0.15, 0.2) is 39.8 Å². The van der Waals surface area contributed by atoms with E-state index < -0.39 is 17.8 Å². The van der Waals surface area contributed by atoms with Gasteiger partial charge in [0.2, 0.25) is 0 Å². The Balaban J connectivity index is 0.00000480. The summed E-state index contributed by atoms with van der Waals surface area (Å²) in [6.07, 6.45) is -5.41. The lowest BCUT2D eigenvalue weighted by molar-refractivity contribution is -0.137. The van der Waals surface area contributed by atoms with Crippen LogP contribution in [-0.2, 0) is 12.7 Å². The topological polar surface area (TPSA) is 91.9 Å². The van der Waals surface area contributed by atoms with E-state index in [1.165, 1.54) is 12.1 Å². The second-order valence-corrected chi connectivity index (χ2v) is 6.94. The molecule has 2 aromatic rings. The Bertz CT molecular complexity index is 828. The Kier molecular flexibility index (Phi) is 11.1. The molecule has 1 aromatic heterocycles. The molecule has 0 fully saturated rings. The van der Waals surface area contributed by atoms with Gasteiger partial charge in [-0.2, -0.15) is 13.2 Å². The van der Waals surface area contributed by atoms with Crippen molar-refractivity contribution in [2.75, 3.05) is 19.7 Å². The normalized spacial score (nSPS) is 13.0. The third-order valence-corrected chi connectivity index (χ3v) is 4.01. The summed E-state index contributed by atoms with van der Waals surface area (Å²) in [6.45, 7) is 6.72. The fourth-order valence-corrected chi connectivity index (χ4v) is 2.40. The third kappa shape index (κ3) is 9.33. The summed E-state index contributed by atoms with van der Waals surface area (Å²) in [5, 5.41) is 20.1. The number of aromatic nitrogens is 1. The number of aliphatic hydroxyl groups is 1. The average molecular weight is 556 g/mol.